The number of hydrogen-bond donors (Lipinski definition) is 1. The molecular weight excluding hydrogens is 268 g/mol. The van der Waals surface area contributed by atoms with Gasteiger partial charge in [-0.15, -0.1) is 0 Å². The SMILES string of the molecule is CCCn1ccnc(N2CCCC2CNCCOC)c1=O. The van der Waals surface area contributed by atoms with Crippen molar-refractivity contribution in [3.05, 3.63) is 22.7 Å². The van der Waals surface area contributed by atoms with Crippen LogP contribution in [0.3, 0.4) is 0 Å². The largest absolute Gasteiger partial charge is 0.383 e. The second kappa shape index (κ2) is 8.14. The molecule has 0 saturated carbocycles. The summed E-state index contributed by atoms with van der Waals surface area (Å²) in [7, 11) is 1.70. The average Bonchev–Trinajstić information content (AvgIpc) is 2.94. The minimum Gasteiger partial charge on any atom is -0.383 e. The maximum Gasteiger partial charge on any atom is 0.293 e. The lowest BCUT2D eigenvalue weighted by Gasteiger charge is -2.25. The number of rotatable bonds is 8. The van der Waals surface area contributed by atoms with Crippen LogP contribution in [0.25, 0.3) is 0 Å². The van der Waals surface area contributed by atoms with Crippen molar-refractivity contribution in [1.29, 1.82) is 0 Å². The van der Waals surface area contributed by atoms with Crippen molar-refractivity contribution in [1.82, 2.24) is 14.9 Å². The van der Waals surface area contributed by atoms with E-state index in [9.17, 15) is 4.79 Å². The molecule has 1 N–H and O–H groups in total. The Hall–Kier alpha value is -1.40. The Morgan fingerprint density at radius 3 is 3.14 bits per heavy atom. The molecule has 1 aromatic rings. The van der Waals surface area contributed by atoms with Crippen molar-refractivity contribution in [3.63, 3.8) is 0 Å². The summed E-state index contributed by atoms with van der Waals surface area (Å²) < 4.78 is 6.80. The van der Waals surface area contributed by atoms with Crippen LogP contribution >= 0.6 is 0 Å². The Kier molecular flexibility index (Phi) is 6.20. The summed E-state index contributed by atoms with van der Waals surface area (Å²) in [4.78, 5) is 19.0. The van der Waals surface area contributed by atoms with Gasteiger partial charge in [-0.25, -0.2) is 4.98 Å². The number of anilines is 1. The van der Waals surface area contributed by atoms with E-state index >= 15 is 0 Å². The zero-order valence-electron chi connectivity index (χ0n) is 13.0. The van der Waals surface area contributed by atoms with Gasteiger partial charge >= 0.3 is 0 Å². The predicted molar refractivity (Wildman–Crippen MR) is 83.9 cm³/mol. The molecule has 1 unspecified atom stereocenters. The smallest absolute Gasteiger partial charge is 0.293 e. The zero-order chi connectivity index (χ0) is 15.1. The molecule has 1 aliphatic heterocycles. The van der Waals surface area contributed by atoms with Crippen molar-refractivity contribution in [3.8, 4) is 0 Å². The van der Waals surface area contributed by atoms with E-state index in [1.807, 2.05) is 0 Å². The van der Waals surface area contributed by atoms with E-state index in [0.717, 1.165) is 45.4 Å². The van der Waals surface area contributed by atoms with Gasteiger partial charge in [0, 0.05) is 51.7 Å². The van der Waals surface area contributed by atoms with E-state index in [2.05, 4.69) is 22.1 Å². The van der Waals surface area contributed by atoms with E-state index in [4.69, 9.17) is 4.74 Å². The lowest BCUT2D eigenvalue weighted by molar-refractivity contribution is 0.199. The maximum absolute atomic E-state index is 12.5. The minimum atomic E-state index is 0.0307. The molecular formula is C15H26N4O2. The van der Waals surface area contributed by atoms with Crippen molar-refractivity contribution in [2.45, 2.75) is 38.8 Å². The van der Waals surface area contributed by atoms with Crippen LogP contribution in [-0.4, -0.2) is 48.9 Å². The molecule has 118 valence electrons. The van der Waals surface area contributed by atoms with Gasteiger partial charge in [0.25, 0.3) is 5.56 Å². The van der Waals surface area contributed by atoms with Gasteiger partial charge in [0.1, 0.15) is 0 Å². The van der Waals surface area contributed by atoms with E-state index in [-0.39, 0.29) is 5.56 Å². The second-order valence-electron chi connectivity index (χ2n) is 5.44. The number of nitrogens with zero attached hydrogens (tertiary/aromatic N) is 3. The highest BCUT2D eigenvalue weighted by Crippen LogP contribution is 2.20. The van der Waals surface area contributed by atoms with Gasteiger partial charge in [-0.1, -0.05) is 6.92 Å². The fourth-order valence-corrected chi connectivity index (χ4v) is 2.82. The fraction of sp³-hybridized carbons (Fsp3) is 0.733. The molecule has 0 radical (unpaired) electrons. The van der Waals surface area contributed by atoms with Crippen LogP contribution in [0, 0.1) is 0 Å². The molecule has 0 bridgehead atoms. The molecule has 0 amide bonds. The summed E-state index contributed by atoms with van der Waals surface area (Å²) >= 11 is 0. The number of ether oxygens (including phenoxy) is 1. The molecule has 0 spiro atoms. The summed E-state index contributed by atoms with van der Waals surface area (Å²) in [5.74, 6) is 0.599. The van der Waals surface area contributed by atoms with E-state index < -0.39 is 0 Å². The van der Waals surface area contributed by atoms with Crippen LogP contribution in [0.2, 0.25) is 0 Å². The molecule has 1 saturated heterocycles. The Balaban J connectivity index is 2.05. The highest BCUT2D eigenvalue weighted by molar-refractivity contribution is 5.38. The van der Waals surface area contributed by atoms with Crippen LogP contribution in [0.4, 0.5) is 5.82 Å². The van der Waals surface area contributed by atoms with Crippen molar-refractivity contribution >= 4 is 5.82 Å². The van der Waals surface area contributed by atoms with Crippen LogP contribution in [0.15, 0.2) is 17.2 Å². The molecule has 0 aliphatic carbocycles. The van der Waals surface area contributed by atoms with Gasteiger partial charge in [-0.05, 0) is 19.3 Å². The van der Waals surface area contributed by atoms with Gasteiger partial charge in [-0.3, -0.25) is 4.79 Å². The summed E-state index contributed by atoms with van der Waals surface area (Å²) in [5, 5.41) is 3.38. The van der Waals surface area contributed by atoms with Crippen molar-refractivity contribution in [2.24, 2.45) is 0 Å². The Morgan fingerprint density at radius 1 is 1.52 bits per heavy atom. The highest BCUT2D eigenvalue weighted by Gasteiger charge is 2.27. The van der Waals surface area contributed by atoms with Crippen LogP contribution < -0.4 is 15.8 Å². The number of aryl methyl sites for hydroxylation is 1. The van der Waals surface area contributed by atoms with Gasteiger partial charge in [0.05, 0.1) is 6.61 Å². The molecule has 1 atom stereocenters. The van der Waals surface area contributed by atoms with Crippen molar-refractivity contribution in [2.75, 3.05) is 38.3 Å². The molecule has 1 aromatic heterocycles. The van der Waals surface area contributed by atoms with Crippen molar-refractivity contribution < 1.29 is 4.74 Å². The first-order valence-electron chi connectivity index (χ1n) is 7.79. The van der Waals surface area contributed by atoms with Gasteiger partial charge in [0.15, 0.2) is 5.82 Å². The predicted octanol–water partition coefficient (Wildman–Crippen LogP) is 0.858. The lowest BCUT2D eigenvalue weighted by Crippen LogP contribution is -2.42. The third-order valence-electron chi connectivity index (χ3n) is 3.87. The molecule has 1 fully saturated rings. The Labute approximate surface area is 126 Å². The number of methoxy groups -OCH3 is 1. The molecule has 2 heterocycles. The normalized spacial score (nSPS) is 18.4. The number of nitrogens with one attached hydrogen (secondary N) is 1. The summed E-state index contributed by atoms with van der Waals surface area (Å²) in [6.07, 6.45) is 6.67. The zero-order valence-corrected chi connectivity index (χ0v) is 13.0. The van der Waals surface area contributed by atoms with Gasteiger partial charge in [-0.2, -0.15) is 0 Å². The summed E-state index contributed by atoms with van der Waals surface area (Å²) in [6.45, 7) is 6.15. The molecule has 6 heteroatoms. The molecule has 21 heavy (non-hydrogen) atoms. The third kappa shape index (κ3) is 4.04. The van der Waals surface area contributed by atoms with Crippen LogP contribution in [0.1, 0.15) is 26.2 Å². The van der Waals surface area contributed by atoms with E-state index in [1.54, 1.807) is 24.1 Å². The summed E-state index contributed by atoms with van der Waals surface area (Å²) in [6, 6.07) is 0.347. The maximum atomic E-state index is 12.5. The first-order valence-corrected chi connectivity index (χ1v) is 7.79. The van der Waals surface area contributed by atoms with Crippen LogP contribution in [0.5, 0.6) is 0 Å². The monoisotopic (exact) mass is 294 g/mol. The van der Waals surface area contributed by atoms with E-state index in [1.165, 1.54) is 0 Å². The van der Waals surface area contributed by atoms with E-state index in [0.29, 0.717) is 18.5 Å². The first kappa shape index (κ1) is 16.0. The topological polar surface area (TPSA) is 59.4 Å². The Morgan fingerprint density at radius 2 is 2.38 bits per heavy atom. The van der Waals surface area contributed by atoms with Gasteiger partial charge < -0.3 is 19.5 Å². The number of hydrogen-bond acceptors (Lipinski definition) is 5. The Bertz CT molecular complexity index is 489. The first-order chi connectivity index (χ1) is 10.3. The fourth-order valence-electron chi connectivity index (χ4n) is 2.82. The van der Waals surface area contributed by atoms with Crippen LogP contribution in [-0.2, 0) is 11.3 Å². The summed E-state index contributed by atoms with van der Waals surface area (Å²) in [5.41, 5.74) is 0.0307. The molecule has 1 aliphatic rings. The number of aromatic nitrogens is 2. The third-order valence-corrected chi connectivity index (χ3v) is 3.87. The molecule has 0 aromatic carbocycles. The second-order valence-corrected chi connectivity index (χ2v) is 5.44. The highest BCUT2D eigenvalue weighted by atomic mass is 16.5. The minimum absolute atomic E-state index is 0.0307. The van der Waals surface area contributed by atoms with Gasteiger partial charge in [0.2, 0.25) is 0 Å². The molecule has 6 nitrogen and oxygen atoms in total. The standard InChI is InChI=1S/C15H26N4O2/c1-3-8-18-10-6-17-14(15(18)20)19-9-4-5-13(19)12-16-7-11-21-2/h6,10,13,16H,3-5,7-9,11-12H2,1-2H3. The lowest BCUT2D eigenvalue weighted by atomic mass is 10.2. The molecule has 2 rings (SSSR count). The quantitative estimate of drug-likeness (QED) is 0.721. The average molecular weight is 294 g/mol.